The maximum absolute atomic E-state index is 12.3. The molecule has 0 saturated carbocycles. The summed E-state index contributed by atoms with van der Waals surface area (Å²) in [6.45, 7) is 3.55. The molecule has 0 spiro atoms. The van der Waals surface area contributed by atoms with Gasteiger partial charge in [0.25, 0.3) is 5.91 Å². The topological polar surface area (TPSA) is 109 Å². The molecule has 0 radical (unpaired) electrons. The van der Waals surface area contributed by atoms with Crippen molar-refractivity contribution in [3.8, 4) is 5.75 Å². The highest BCUT2D eigenvalue weighted by Gasteiger charge is 2.26. The van der Waals surface area contributed by atoms with Crippen LogP contribution in [-0.4, -0.2) is 41.0 Å². The normalized spacial score (nSPS) is 14.3. The number of anilines is 1. The summed E-state index contributed by atoms with van der Waals surface area (Å²) >= 11 is 1.05. The first-order chi connectivity index (χ1) is 12.9. The van der Waals surface area contributed by atoms with Crippen molar-refractivity contribution < 1.29 is 24.2 Å². The first kappa shape index (κ1) is 18.8. The summed E-state index contributed by atoms with van der Waals surface area (Å²) in [5, 5.41) is 12.4. The molecular weight excluding hydrogens is 370 g/mol. The zero-order valence-corrected chi connectivity index (χ0v) is 15.7. The second kappa shape index (κ2) is 7.75. The van der Waals surface area contributed by atoms with Crippen LogP contribution < -0.4 is 15.0 Å². The number of aromatic nitrogens is 1. The minimum Gasteiger partial charge on any atom is -0.482 e. The number of carboxylic acid groups (broad SMARTS) is 1. The third-order valence-corrected chi connectivity index (χ3v) is 5.45. The van der Waals surface area contributed by atoms with Gasteiger partial charge in [0, 0.05) is 13.0 Å². The molecule has 2 amide bonds. The molecule has 1 aromatic carbocycles. The monoisotopic (exact) mass is 389 g/mol. The van der Waals surface area contributed by atoms with Crippen LogP contribution in [0.1, 0.15) is 39.8 Å². The van der Waals surface area contributed by atoms with Gasteiger partial charge in [-0.2, -0.15) is 0 Å². The van der Waals surface area contributed by atoms with E-state index >= 15 is 0 Å². The van der Waals surface area contributed by atoms with E-state index in [0.29, 0.717) is 22.1 Å². The number of thiazole rings is 1. The fourth-order valence-corrected chi connectivity index (χ4v) is 3.70. The molecule has 3 rings (SSSR count). The summed E-state index contributed by atoms with van der Waals surface area (Å²) in [6, 6.07) is 6.77. The molecule has 2 aromatic rings. The second-order valence-corrected chi connectivity index (χ2v) is 7.14. The maximum Gasteiger partial charge on any atom is 0.347 e. The van der Waals surface area contributed by atoms with Crippen molar-refractivity contribution in [1.29, 1.82) is 0 Å². The molecule has 1 aliphatic rings. The first-order valence-corrected chi connectivity index (χ1v) is 9.20. The van der Waals surface area contributed by atoms with E-state index in [9.17, 15) is 14.4 Å². The predicted molar refractivity (Wildman–Crippen MR) is 99.3 cm³/mol. The SMILES string of the molecule is Cc1nc(C(C)NC(=O)CCN2C(=O)COc3ccccc32)sc1C(=O)O. The van der Waals surface area contributed by atoms with Crippen molar-refractivity contribution in [3.05, 3.63) is 39.8 Å². The molecule has 1 atom stereocenters. The van der Waals surface area contributed by atoms with Crippen LogP contribution in [0, 0.1) is 6.92 Å². The average Bonchev–Trinajstić information content (AvgIpc) is 3.03. The van der Waals surface area contributed by atoms with Crippen LogP contribution >= 0.6 is 11.3 Å². The van der Waals surface area contributed by atoms with E-state index in [0.717, 1.165) is 11.3 Å². The van der Waals surface area contributed by atoms with Gasteiger partial charge in [-0.25, -0.2) is 9.78 Å². The number of ether oxygens (including phenoxy) is 1. The van der Waals surface area contributed by atoms with Crippen LogP contribution in [0.5, 0.6) is 5.75 Å². The van der Waals surface area contributed by atoms with Crippen LogP contribution in [0.2, 0.25) is 0 Å². The van der Waals surface area contributed by atoms with Crippen LogP contribution in [-0.2, 0) is 9.59 Å². The minimum absolute atomic E-state index is 0.0502. The van der Waals surface area contributed by atoms with Gasteiger partial charge in [-0.15, -0.1) is 11.3 Å². The van der Waals surface area contributed by atoms with E-state index in [2.05, 4.69) is 10.3 Å². The molecule has 1 aromatic heterocycles. The van der Waals surface area contributed by atoms with E-state index in [4.69, 9.17) is 9.84 Å². The second-order valence-electron chi connectivity index (χ2n) is 6.11. The first-order valence-electron chi connectivity index (χ1n) is 8.39. The lowest BCUT2D eigenvalue weighted by Gasteiger charge is -2.29. The number of hydrogen-bond acceptors (Lipinski definition) is 6. The van der Waals surface area contributed by atoms with Gasteiger partial charge in [-0.3, -0.25) is 9.59 Å². The quantitative estimate of drug-likeness (QED) is 0.784. The fraction of sp³-hybridized carbons (Fsp3) is 0.333. The van der Waals surface area contributed by atoms with Gasteiger partial charge in [0.2, 0.25) is 5.91 Å². The van der Waals surface area contributed by atoms with Crippen LogP contribution in [0.4, 0.5) is 5.69 Å². The van der Waals surface area contributed by atoms with Crippen LogP contribution in [0.3, 0.4) is 0 Å². The van der Waals surface area contributed by atoms with E-state index in [1.165, 1.54) is 0 Å². The van der Waals surface area contributed by atoms with Crippen LogP contribution in [0.15, 0.2) is 24.3 Å². The Morgan fingerprint density at radius 2 is 2.15 bits per heavy atom. The molecule has 2 heterocycles. The molecular formula is C18H19N3O5S. The maximum atomic E-state index is 12.3. The number of rotatable bonds is 6. The number of amides is 2. The zero-order valence-electron chi connectivity index (χ0n) is 14.9. The average molecular weight is 389 g/mol. The number of carbonyl (C=O) groups excluding carboxylic acids is 2. The highest BCUT2D eigenvalue weighted by atomic mass is 32.1. The number of benzene rings is 1. The number of hydrogen-bond donors (Lipinski definition) is 2. The number of aryl methyl sites for hydroxylation is 1. The Morgan fingerprint density at radius 1 is 1.41 bits per heavy atom. The zero-order chi connectivity index (χ0) is 19.6. The smallest absolute Gasteiger partial charge is 0.347 e. The number of para-hydroxylation sites is 2. The summed E-state index contributed by atoms with van der Waals surface area (Å²) in [7, 11) is 0. The number of carboxylic acids is 1. The number of nitrogens with one attached hydrogen (secondary N) is 1. The third kappa shape index (κ3) is 4.08. The lowest BCUT2D eigenvalue weighted by molar-refractivity contribution is -0.122. The molecule has 0 aliphatic carbocycles. The molecule has 142 valence electrons. The van der Waals surface area contributed by atoms with E-state index in [-0.39, 0.29) is 36.3 Å². The van der Waals surface area contributed by atoms with Crippen molar-refractivity contribution in [3.63, 3.8) is 0 Å². The van der Waals surface area contributed by atoms with Crippen LogP contribution in [0.25, 0.3) is 0 Å². The van der Waals surface area contributed by atoms with Crippen molar-refractivity contribution in [1.82, 2.24) is 10.3 Å². The van der Waals surface area contributed by atoms with E-state index in [1.807, 2.05) is 6.07 Å². The molecule has 8 nitrogen and oxygen atoms in total. The van der Waals surface area contributed by atoms with E-state index in [1.54, 1.807) is 36.9 Å². The molecule has 1 aliphatic heterocycles. The largest absolute Gasteiger partial charge is 0.482 e. The Hall–Kier alpha value is -2.94. The van der Waals surface area contributed by atoms with Gasteiger partial charge in [0.1, 0.15) is 15.6 Å². The van der Waals surface area contributed by atoms with Crippen molar-refractivity contribution in [2.24, 2.45) is 0 Å². The Labute approximate surface area is 159 Å². The number of fused-ring (bicyclic) bond motifs is 1. The van der Waals surface area contributed by atoms with E-state index < -0.39 is 12.0 Å². The summed E-state index contributed by atoms with van der Waals surface area (Å²) < 4.78 is 5.38. The van der Waals surface area contributed by atoms with Gasteiger partial charge in [-0.1, -0.05) is 12.1 Å². The highest BCUT2D eigenvalue weighted by Crippen LogP contribution is 2.31. The summed E-state index contributed by atoms with van der Waals surface area (Å²) in [6.07, 6.45) is 0.112. The van der Waals surface area contributed by atoms with Gasteiger partial charge in [0.15, 0.2) is 6.61 Å². The molecule has 0 saturated heterocycles. The Bertz CT molecular complexity index is 895. The van der Waals surface area contributed by atoms with Gasteiger partial charge < -0.3 is 20.1 Å². The lowest BCUT2D eigenvalue weighted by Crippen LogP contribution is -2.41. The molecule has 2 N–H and O–H groups in total. The molecule has 9 heteroatoms. The summed E-state index contributed by atoms with van der Waals surface area (Å²) in [5.41, 5.74) is 1.08. The van der Waals surface area contributed by atoms with Gasteiger partial charge >= 0.3 is 5.97 Å². The highest BCUT2D eigenvalue weighted by molar-refractivity contribution is 7.13. The Morgan fingerprint density at radius 3 is 2.85 bits per heavy atom. The van der Waals surface area contributed by atoms with Crippen molar-refractivity contribution in [2.45, 2.75) is 26.3 Å². The lowest BCUT2D eigenvalue weighted by atomic mass is 10.2. The fourth-order valence-electron chi connectivity index (χ4n) is 2.79. The summed E-state index contributed by atoms with van der Waals surface area (Å²) in [5.74, 6) is -0.857. The van der Waals surface area contributed by atoms with Crippen molar-refractivity contribution in [2.75, 3.05) is 18.1 Å². The van der Waals surface area contributed by atoms with Gasteiger partial charge in [0.05, 0.1) is 17.4 Å². The summed E-state index contributed by atoms with van der Waals surface area (Å²) in [4.78, 5) is 41.5. The standard InChI is InChI=1S/C18H19N3O5S/c1-10-16(18(24)25)27-17(20-10)11(2)19-14(22)7-8-21-12-5-3-4-6-13(12)26-9-15(21)23/h3-6,11H,7-9H2,1-2H3,(H,19,22)(H,24,25). The number of nitrogens with zero attached hydrogens (tertiary/aromatic N) is 2. The molecule has 0 bridgehead atoms. The minimum atomic E-state index is -1.03. The molecule has 0 fully saturated rings. The molecule has 1 unspecified atom stereocenters. The van der Waals surface area contributed by atoms with Gasteiger partial charge in [-0.05, 0) is 26.0 Å². The third-order valence-electron chi connectivity index (χ3n) is 4.13. The molecule has 27 heavy (non-hydrogen) atoms. The predicted octanol–water partition coefficient (Wildman–Crippen LogP) is 2.14. The Kier molecular flexibility index (Phi) is 5.41. The van der Waals surface area contributed by atoms with Crippen molar-refractivity contribution >= 4 is 34.8 Å². The number of carbonyl (C=O) groups is 3. The Balaban J connectivity index is 1.61. The number of aromatic carboxylic acids is 1.